The van der Waals surface area contributed by atoms with Gasteiger partial charge >= 0.3 is 0 Å². The average Bonchev–Trinajstić information content (AvgIpc) is 3.23. The summed E-state index contributed by atoms with van der Waals surface area (Å²) >= 11 is 0. The zero-order chi connectivity index (χ0) is 20.3. The van der Waals surface area contributed by atoms with Crippen LogP contribution in [0.2, 0.25) is 0 Å². The molecule has 0 bridgehead atoms. The molecule has 156 valence electrons. The molecule has 1 aromatic rings. The number of likely N-dealkylation sites (tertiary alicyclic amines) is 1. The smallest absolute Gasteiger partial charge is 0.256 e. The van der Waals surface area contributed by atoms with Crippen LogP contribution in [0, 0.1) is 5.92 Å². The number of carbonyl (C=O) groups is 1. The minimum Gasteiger partial charge on any atom is -0.371 e. The van der Waals surface area contributed by atoms with Crippen LogP contribution in [0.15, 0.2) is 23.1 Å². The SMILES string of the molecule is CCN(CC)S(=O)(=O)c1ccc(N2CCCC2)c(C(=O)N2CCC(C)CC2)c1. The first-order valence-electron chi connectivity index (χ1n) is 10.6. The second-order valence-corrected chi connectivity index (χ2v) is 9.88. The lowest BCUT2D eigenvalue weighted by atomic mass is 9.98. The number of hydrogen-bond acceptors (Lipinski definition) is 4. The molecule has 0 saturated carbocycles. The summed E-state index contributed by atoms with van der Waals surface area (Å²) in [5.74, 6) is 0.599. The van der Waals surface area contributed by atoms with Crippen LogP contribution in [0.1, 0.15) is 56.8 Å². The van der Waals surface area contributed by atoms with Crippen LogP contribution >= 0.6 is 0 Å². The highest BCUT2D eigenvalue weighted by atomic mass is 32.2. The molecule has 2 fully saturated rings. The van der Waals surface area contributed by atoms with Gasteiger partial charge in [-0.15, -0.1) is 0 Å². The molecule has 0 atom stereocenters. The lowest BCUT2D eigenvalue weighted by Crippen LogP contribution is -2.39. The predicted molar refractivity (Wildman–Crippen MR) is 112 cm³/mol. The number of benzene rings is 1. The van der Waals surface area contributed by atoms with Crippen LogP contribution in [0.4, 0.5) is 5.69 Å². The lowest BCUT2D eigenvalue weighted by Gasteiger charge is -2.32. The Morgan fingerprint density at radius 3 is 2.25 bits per heavy atom. The molecule has 3 rings (SSSR count). The highest BCUT2D eigenvalue weighted by molar-refractivity contribution is 7.89. The third-order valence-corrected chi connectivity index (χ3v) is 8.11. The van der Waals surface area contributed by atoms with E-state index in [1.807, 2.05) is 24.8 Å². The molecule has 1 amide bonds. The molecule has 2 heterocycles. The Labute approximate surface area is 169 Å². The molecule has 0 spiro atoms. The van der Waals surface area contributed by atoms with Crippen molar-refractivity contribution in [3.05, 3.63) is 23.8 Å². The van der Waals surface area contributed by atoms with Gasteiger partial charge in [-0.1, -0.05) is 20.8 Å². The maximum atomic E-state index is 13.4. The minimum atomic E-state index is -3.59. The van der Waals surface area contributed by atoms with E-state index in [-0.39, 0.29) is 10.8 Å². The number of hydrogen-bond donors (Lipinski definition) is 0. The van der Waals surface area contributed by atoms with Crippen molar-refractivity contribution in [2.75, 3.05) is 44.2 Å². The molecular weight excluding hydrogens is 374 g/mol. The van der Waals surface area contributed by atoms with E-state index in [0.717, 1.165) is 57.5 Å². The number of carbonyl (C=O) groups excluding carboxylic acids is 1. The quantitative estimate of drug-likeness (QED) is 0.727. The molecule has 2 aliphatic heterocycles. The first kappa shape index (κ1) is 21.1. The van der Waals surface area contributed by atoms with Crippen molar-refractivity contribution in [3.63, 3.8) is 0 Å². The highest BCUT2D eigenvalue weighted by Gasteiger charge is 2.29. The van der Waals surface area contributed by atoms with Crippen molar-refractivity contribution < 1.29 is 13.2 Å². The molecule has 2 saturated heterocycles. The van der Waals surface area contributed by atoms with Crippen LogP contribution in [-0.2, 0) is 10.0 Å². The van der Waals surface area contributed by atoms with Crippen molar-refractivity contribution in [1.29, 1.82) is 0 Å². The molecule has 1 aromatic carbocycles. The summed E-state index contributed by atoms with van der Waals surface area (Å²) in [5.41, 5.74) is 1.41. The van der Waals surface area contributed by atoms with Crippen molar-refractivity contribution >= 4 is 21.6 Å². The Bertz CT molecular complexity index is 791. The van der Waals surface area contributed by atoms with Gasteiger partial charge in [-0.25, -0.2) is 8.42 Å². The van der Waals surface area contributed by atoms with Gasteiger partial charge in [0.1, 0.15) is 0 Å². The fourth-order valence-electron chi connectivity index (χ4n) is 4.18. The van der Waals surface area contributed by atoms with Gasteiger partial charge in [0.25, 0.3) is 5.91 Å². The number of nitrogens with zero attached hydrogens (tertiary/aromatic N) is 3. The van der Waals surface area contributed by atoms with Gasteiger partial charge in [0, 0.05) is 45.0 Å². The second kappa shape index (κ2) is 8.82. The van der Waals surface area contributed by atoms with Crippen molar-refractivity contribution in [2.24, 2.45) is 5.92 Å². The van der Waals surface area contributed by atoms with E-state index in [4.69, 9.17) is 0 Å². The van der Waals surface area contributed by atoms with Gasteiger partial charge in [0.15, 0.2) is 0 Å². The summed E-state index contributed by atoms with van der Waals surface area (Å²) in [4.78, 5) is 17.7. The number of piperidine rings is 1. The Morgan fingerprint density at radius 2 is 1.68 bits per heavy atom. The number of anilines is 1. The van der Waals surface area contributed by atoms with E-state index in [1.165, 1.54) is 4.31 Å². The summed E-state index contributed by atoms with van der Waals surface area (Å²) in [6, 6.07) is 5.11. The van der Waals surface area contributed by atoms with Gasteiger partial charge in [0.2, 0.25) is 10.0 Å². The summed E-state index contributed by atoms with van der Waals surface area (Å²) in [7, 11) is -3.59. The lowest BCUT2D eigenvalue weighted by molar-refractivity contribution is 0.0697. The summed E-state index contributed by atoms with van der Waals surface area (Å²) in [6.07, 6.45) is 4.22. The maximum Gasteiger partial charge on any atom is 0.256 e. The largest absolute Gasteiger partial charge is 0.371 e. The van der Waals surface area contributed by atoms with Crippen molar-refractivity contribution in [3.8, 4) is 0 Å². The third kappa shape index (κ3) is 4.20. The molecule has 0 N–H and O–H groups in total. The Morgan fingerprint density at radius 1 is 1.07 bits per heavy atom. The number of amides is 1. The molecule has 0 radical (unpaired) electrons. The van der Waals surface area contributed by atoms with Gasteiger partial charge in [-0.05, 0) is 49.8 Å². The fraction of sp³-hybridized carbons (Fsp3) is 0.667. The summed E-state index contributed by atoms with van der Waals surface area (Å²) < 4.78 is 27.5. The van der Waals surface area contributed by atoms with Crippen LogP contribution < -0.4 is 4.90 Å². The normalized spacial score (nSPS) is 18.9. The van der Waals surface area contributed by atoms with Crippen LogP contribution in [0.5, 0.6) is 0 Å². The highest BCUT2D eigenvalue weighted by Crippen LogP contribution is 2.30. The molecule has 2 aliphatic rings. The number of rotatable bonds is 6. The van der Waals surface area contributed by atoms with E-state index in [0.29, 0.717) is 24.6 Å². The first-order valence-corrected chi connectivity index (χ1v) is 12.0. The van der Waals surface area contributed by atoms with Gasteiger partial charge < -0.3 is 9.80 Å². The third-order valence-electron chi connectivity index (χ3n) is 6.06. The Hall–Kier alpha value is -1.60. The Balaban J connectivity index is 2.00. The fourth-order valence-corrected chi connectivity index (χ4v) is 5.66. The van der Waals surface area contributed by atoms with Crippen molar-refractivity contribution in [2.45, 2.75) is 51.3 Å². The average molecular weight is 408 g/mol. The molecule has 6 nitrogen and oxygen atoms in total. The van der Waals surface area contributed by atoms with E-state index < -0.39 is 10.0 Å². The van der Waals surface area contributed by atoms with E-state index in [1.54, 1.807) is 12.1 Å². The monoisotopic (exact) mass is 407 g/mol. The van der Waals surface area contributed by atoms with Crippen LogP contribution in [-0.4, -0.2) is 62.8 Å². The van der Waals surface area contributed by atoms with Gasteiger partial charge in [-0.3, -0.25) is 4.79 Å². The zero-order valence-corrected chi connectivity index (χ0v) is 18.2. The van der Waals surface area contributed by atoms with Crippen LogP contribution in [0.25, 0.3) is 0 Å². The van der Waals surface area contributed by atoms with E-state index >= 15 is 0 Å². The maximum absolute atomic E-state index is 13.4. The minimum absolute atomic E-state index is 0.0367. The topological polar surface area (TPSA) is 60.9 Å². The molecule has 0 aromatic heterocycles. The van der Waals surface area contributed by atoms with Gasteiger partial charge in [-0.2, -0.15) is 4.31 Å². The van der Waals surface area contributed by atoms with Gasteiger partial charge in [0.05, 0.1) is 10.5 Å². The van der Waals surface area contributed by atoms with E-state index in [2.05, 4.69) is 11.8 Å². The summed E-state index contributed by atoms with van der Waals surface area (Å²) in [6.45, 7) is 10.0. The van der Waals surface area contributed by atoms with E-state index in [9.17, 15) is 13.2 Å². The molecule has 7 heteroatoms. The summed E-state index contributed by atoms with van der Waals surface area (Å²) in [5, 5.41) is 0. The molecule has 0 unspecified atom stereocenters. The predicted octanol–water partition coefficient (Wildman–Crippen LogP) is 3.19. The Kier molecular flexibility index (Phi) is 6.65. The molecule has 28 heavy (non-hydrogen) atoms. The van der Waals surface area contributed by atoms with Crippen LogP contribution in [0.3, 0.4) is 0 Å². The molecule has 0 aliphatic carbocycles. The first-order chi connectivity index (χ1) is 13.4. The second-order valence-electron chi connectivity index (χ2n) is 7.94. The zero-order valence-electron chi connectivity index (χ0n) is 17.4. The van der Waals surface area contributed by atoms with Crippen molar-refractivity contribution in [1.82, 2.24) is 9.21 Å². The standard InChI is InChI=1S/C21H33N3O3S/c1-4-24(5-2)28(26,27)18-8-9-20(22-12-6-7-13-22)19(16-18)21(25)23-14-10-17(3)11-15-23/h8-9,16-17H,4-7,10-15H2,1-3H3. The molecular formula is C21H33N3O3S. The number of sulfonamides is 1.